The number of carboxylic acids is 2. The maximum absolute atomic E-state index is 12.5. The fourth-order valence-electron chi connectivity index (χ4n) is 5.41. The predicted octanol–water partition coefficient (Wildman–Crippen LogP) is 6.70. The normalized spacial score (nSPS) is 14.7. The largest absolute Gasteiger partial charge is 0.481 e. The van der Waals surface area contributed by atoms with E-state index in [1.807, 2.05) is 11.8 Å². The molecule has 8 nitrogen and oxygen atoms in total. The summed E-state index contributed by atoms with van der Waals surface area (Å²) in [6.45, 7) is 3.06. The molecular formula is C31H56N2O6. The lowest BCUT2D eigenvalue weighted by molar-refractivity contribution is -0.143. The number of nitrogens with zero attached hydrogens (tertiary/aromatic N) is 1. The van der Waals surface area contributed by atoms with Crippen LogP contribution in [-0.2, 0) is 19.2 Å². The third-order valence-corrected chi connectivity index (χ3v) is 7.94. The number of hydrogen-bond acceptors (Lipinski definition) is 4. The van der Waals surface area contributed by atoms with E-state index in [4.69, 9.17) is 5.11 Å². The third-order valence-electron chi connectivity index (χ3n) is 7.94. The van der Waals surface area contributed by atoms with E-state index < -0.39 is 18.0 Å². The third kappa shape index (κ3) is 18.0. The van der Waals surface area contributed by atoms with Gasteiger partial charge in [-0.05, 0) is 32.1 Å². The average molecular weight is 553 g/mol. The van der Waals surface area contributed by atoms with Gasteiger partial charge in [-0.25, -0.2) is 4.79 Å². The fourth-order valence-corrected chi connectivity index (χ4v) is 5.41. The minimum Gasteiger partial charge on any atom is -0.481 e. The van der Waals surface area contributed by atoms with Crippen LogP contribution >= 0.6 is 0 Å². The highest BCUT2D eigenvalue weighted by molar-refractivity contribution is 5.85. The summed E-state index contributed by atoms with van der Waals surface area (Å²) in [7, 11) is 0. The van der Waals surface area contributed by atoms with Crippen LogP contribution in [0.25, 0.3) is 0 Å². The average Bonchev–Trinajstić information content (AvgIpc) is 2.91. The van der Waals surface area contributed by atoms with Crippen LogP contribution in [0.4, 0.5) is 0 Å². The van der Waals surface area contributed by atoms with Crippen molar-refractivity contribution in [2.75, 3.05) is 13.1 Å². The van der Waals surface area contributed by atoms with E-state index in [1.165, 1.54) is 70.6 Å². The van der Waals surface area contributed by atoms with E-state index in [0.29, 0.717) is 51.6 Å². The zero-order valence-electron chi connectivity index (χ0n) is 24.6. The summed E-state index contributed by atoms with van der Waals surface area (Å²) in [6, 6.07) is -0.821. The Kier molecular flexibility index (Phi) is 20.3. The van der Waals surface area contributed by atoms with Crippen LogP contribution in [-0.4, -0.2) is 58.0 Å². The van der Waals surface area contributed by atoms with Gasteiger partial charge in [-0.3, -0.25) is 14.4 Å². The maximum atomic E-state index is 12.5. The highest BCUT2D eigenvalue weighted by Gasteiger charge is 2.29. The van der Waals surface area contributed by atoms with Crippen molar-refractivity contribution < 1.29 is 29.4 Å². The number of carboxylic acid groups (broad SMARTS) is 2. The number of carbonyl (C=O) groups excluding carboxylic acids is 2. The van der Waals surface area contributed by atoms with Crippen molar-refractivity contribution in [3.63, 3.8) is 0 Å². The molecule has 0 radical (unpaired) electrons. The molecule has 0 aromatic heterocycles. The summed E-state index contributed by atoms with van der Waals surface area (Å²) in [5.74, 6) is -1.89. The molecule has 0 saturated carbocycles. The maximum Gasteiger partial charge on any atom is 0.326 e. The van der Waals surface area contributed by atoms with Gasteiger partial charge in [0.05, 0.1) is 0 Å². The van der Waals surface area contributed by atoms with Crippen molar-refractivity contribution >= 4 is 23.8 Å². The van der Waals surface area contributed by atoms with Gasteiger partial charge in [-0.2, -0.15) is 0 Å². The molecule has 226 valence electrons. The SMILES string of the molecule is CCCC(NC(=O)C1CCN(C(=O)CCCCCCCCCCCCCCCCCCC(=O)O)CC1)C(=O)O. The molecule has 1 rings (SSSR count). The van der Waals surface area contributed by atoms with Crippen LogP contribution in [0.2, 0.25) is 0 Å². The van der Waals surface area contributed by atoms with Crippen molar-refractivity contribution in [1.29, 1.82) is 0 Å². The van der Waals surface area contributed by atoms with E-state index in [9.17, 15) is 24.3 Å². The Balaban J connectivity index is 1.92. The van der Waals surface area contributed by atoms with E-state index in [2.05, 4.69) is 5.32 Å². The molecule has 0 aliphatic carbocycles. The zero-order chi connectivity index (χ0) is 28.7. The summed E-state index contributed by atoms with van der Waals surface area (Å²) in [5, 5.41) is 20.5. The number of likely N-dealkylation sites (tertiary alicyclic amines) is 1. The van der Waals surface area contributed by atoms with E-state index in [0.717, 1.165) is 32.1 Å². The monoisotopic (exact) mass is 552 g/mol. The van der Waals surface area contributed by atoms with E-state index in [1.54, 1.807) is 0 Å². The Bertz CT molecular complexity index is 691. The van der Waals surface area contributed by atoms with Gasteiger partial charge < -0.3 is 20.4 Å². The first-order chi connectivity index (χ1) is 18.8. The summed E-state index contributed by atoms with van der Waals surface area (Å²) >= 11 is 0. The minimum atomic E-state index is -0.986. The minimum absolute atomic E-state index is 0.182. The van der Waals surface area contributed by atoms with Crippen LogP contribution in [0, 0.1) is 5.92 Å². The first-order valence-electron chi connectivity index (χ1n) is 15.9. The molecule has 0 aromatic carbocycles. The quantitative estimate of drug-likeness (QED) is 0.114. The number of amides is 2. The van der Waals surface area contributed by atoms with Crippen molar-refractivity contribution in [2.45, 2.75) is 154 Å². The number of unbranched alkanes of at least 4 members (excludes halogenated alkanes) is 15. The van der Waals surface area contributed by atoms with Gasteiger partial charge in [0.2, 0.25) is 11.8 Å². The van der Waals surface area contributed by atoms with Crippen LogP contribution in [0.15, 0.2) is 0 Å². The fraction of sp³-hybridized carbons (Fsp3) is 0.871. The van der Waals surface area contributed by atoms with Crippen LogP contribution in [0.5, 0.6) is 0 Å². The topological polar surface area (TPSA) is 124 Å². The van der Waals surface area contributed by atoms with Gasteiger partial charge in [0.25, 0.3) is 0 Å². The predicted molar refractivity (Wildman–Crippen MR) is 155 cm³/mol. The van der Waals surface area contributed by atoms with Gasteiger partial charge >= 0.3 is 11.9 Å². The number of nitrogens with one attached hydrogen (secondary N) is 1. The Labute approximate surface area is 236 Å². The molecule has 1 aliphatic heterocycles. The second-order valence-electron chi connectivity index (χ2n) is 11.4. The van der Waals surface area contributed by atoms with Crippen molar-refractivity contribution in [3.05, 3.63) is 0 Å². The molecule has 1 aliphatic rings. The molecule has 2 amide bonds. The Hall–Kier alpha value is -2.12. The zero-order valence-corrected chi connectivity index (χ0v) is 24.6. The summed E-state index contributed by atoms with van der Waals surface area (Å²) in [5.41, 5.74) is 0. The molecule has 0 spiro atoms. The first-order valence-corrected chi connectivity index (χ1v) is 15.9. The first kappa shape index (κ1) is 34.9. The van der Waals surface area contributed by atoms with Crippen LogP contribution in [0.3, 0.4) is 0 Å². The lowest BCUT2D eigenvalue weighted by Crippen LogP contribution is -2.47. The van der Waals surface area contributed by atoms with Gasteiger partial charge in [0, 0.05) is 31.8 Å². The van der Waals surface area contributed by atoms with Crippen LogP contribution in [0.1, 0.15) is 148 Å². The number of aliphatic carboxylic acids is 2. The molecule has 8 heteroatoms. The molecule has 0 bridgehead atoms. The second-order valence-corrected chi connectivity index (χ2v) is 11.4. The molecule has 1 unspecified atom stereocenters. The number of hydrogen-bond donors (Lipinski definition) is 3. The van der Waals surface area contributed by atoms with Gasteiger partial charge in [0.15, 0.2) is 0 Å². The molecular weight excluding hydrogens is 496 g/mol. The standard InChI is InChI=1S/C31H56N2O6/c1-2-19-27(31(38)39)32-30(37)26-22-24-33(25-23-26)28(34)20-17-15-13-11-9-7-5-3-4-6-8-10-12-14-16-18-21-29(35)36/h26-27H,2-25H2,1H3,(H,32,37)(H,35,36)(H,38,39). The van der Waals surface area contributed by atoms with Crippen molar-refractivity contribution in [1.82, 2.24) is 10.2 Å². The molecule has 0 aromatic rings. The molecule has 1 fully saturated rings. The van der Waals surface area contributed by atoms with Crippen molar-refractivity contribution in [2.24, 2.45) is 5.92 Å². The van der Waals surface area contributed by atoms with Gasteiger partial charge in [-0.1, -0.05) is 103 Å². The van der Waals surface area contributed by atoms with E-state index in [-0.39, 0.29) is 17.7 Å². The number of rotatable bonds is 24. The summed E-state index contributed by atoms with van der Waals surface area (Å²) in [4.78, 5) is 48.6. The smallest absolute Gasteiger partial charge is 0.326 e. The second kappa shape index (κ2) is 22.7. The summed E-state index contributed by atoms with van der Waals surface area (Å²) < 4.78 is 0. The number of piperidine rings is 1. The Morgan fingerprint density at radius 3 is 1.49 bits per heavy atom. The van der Waals surface area contributed by atoms with Crippen LogP contribution < -0.4 is 5.32 Å². The number of carbonyl (C=O) groups is 4. The van der Waals surface area contributed by atoms with Crippen molar-refractivity contribution in [3.8, 4) is 0 Å². The van der Waals surface area contributed by atoms with Gasteiger partial charge in [-0.15, -0.1) is 0 Å². The Morgan fingerprint density at radius 1 is 0.692 bits per heavy atom. The molecule has 3 N–H and O–H groups in total. The lowest BCUT2D eigenvalue weighted by atomic mass is 9.95. The molecule has 1 saturated heterocycles. The Morgan fingerprint density at radius 2 is 1.10 bits per heavy atom. The van der Waals surface area contributed by atoms with E-state index >= 15 is 0 Å². The summed E-state index contributed by atoms with van der Waals surface area (Å²) in [6.07, 6.45) is 22.4. The molecule has 1 heterocycles. The molecule has 39 heavy (non-hydrogen) atoms. The van der Waals surface area contributed by atoms with Gasteiger partial charge in [0.1, 0.15) is 6.04 Å². The lowest BCUT2D eigenvalue weighted by Gasteiger charge is -2.32. The molecule has 1 atom stereocenters. The highest BCUT2D eigenvalue weighted by atomic mass is 16.4. The highest BCUT2D eigenvalue weighted by Crippen LogP contribution is 2.20.